The van der Waals surface area contributed by atoms with Crippen molar-refractivity contribution in [1.82, 2.24) is 15.5 Å². The number of hydrogen-bond acceptors (Lipinski definition) is 2. The van der Waals surface area contributed by atoms with Crippen LogP contribution in [0.4, 0.5) is 14.9 Å². The predicted octanol–water partition coefficient (Wildman–Crippen LogP) is 3.98. The normalized spacial score (nSPS) is 13.5. The summed E-state index contributed by atoms with van der Waals surface area (Å²) in [7, 11) is 1.72. The topological polar surface area (TPSA) is 68.8 Å². The number of anilines is 1. The molecule has 1 saturated heterocycles. The number of likely N-dealkylation sites (tertiary alicyclic amines) is 1. The number of urea groups is 1. The van der Waals surface area contributed by atoms with E-state index >= 15 is 0 Å². The van der Waals surface area contributed by atoms with Gasteiger partial charge < -0.3 is 20.9 Å². The Bertz CT molecular complexity index is 838. The van der Waals surface area contributed by atoms with E-state index < -0.39 is 0 Å². The fraction of sp³-hybridized carbons (Fsp3) is 0.364. The summed E-state index contributed by atoms with van der Waals surface area (Å²) in [5.41, 5.74) is 2.90. The molecule has 8 heteroatoms. The highest BCUT2D eigenvalue weighted by Crippen LogP contribution is 2.14. The highest BCUT2D eigenvalue weighted by Gasteiger charge is 2.17. The first kappa shape index (κ1) is 23.9. The van der Waals surface area contributed by atoms with E-state index in [9.17, 15) is 9.18 Å². The van der Waals surface area contributed by atoms with Gasteiger partial charge in [-0.15, -0.1) is 24.0 Å². The molecule has 6 nitrogen and oxygen atoms in total. The second-order valence-electron chi connectivity index (χ2n) is 7.05. The maximum absolute atomic E-state index is 13.0. The zero-order valence-corrected chi connectivity index (χ0v) is 19.5. The molecule has 0 aliphatic carbocycles. The first-order valence-electron chi connectivity index (χ1n) is 9.98. The van der Waals surface area contributed by atoms with Crippen LogP contribution in [0.25, 0.3) is 0 Å². The summed E-state index contributed by atoms with van der Waals surface area (Å²) in [6.45, 7) is 2.93. The van der Waals surface area contributed by atoms with E-state index in [1.165, 1.54) is 12.1 Å². The van der Waals surface area contributed by atoms with Gasteiger partial charge in [0, 0.05) is 38.9 Å². The molecule has 0 radical (unpaired) electrons. The van der Waals surface area contributed by atoms with Gasteiger partial charge in [-0.3, -0.25) is 4.99 Å². The van der Waals surface area contributed by atoms with Crippen molar-refractivity contribution in [2.45, 2.75) is 25.8 Å². The Kier molecular flexibility index (Phi) is 9.85. The summed E-state index contributed by atoms with van der Waals surface area (Å²) >= 11 is 0. The van der Waals surface area contributed by atoms with E-state index in [2.05, 4.69) is 20.9 Å². The molecule has 0 saturated carbocycles. The molecule has 3 rings (SSSR count). The van der Waals surface area contributed by atoms with E-state index in [4.69, 9.17) is 0 Å². The summed E-state index contributed by atoms with van der Waals surface area (Å²) in [6, 6.07) is 14.3. The van der Waals surface area contributed by atoms with Crippen LogP contribution >= 0.6 is 24.0 Å². The Labute approximate surface area is 194 Å². The second kappa shape index (κ2) is 12.4. The molecule has 0 unspecified atom stereocenters. The fourth-order valence-electron chi connectivity index (χ4n) is 3.26. The van der Waals surface area contributed by atoms with Crippen molar-refractivity contribution in [3.8, 4) is 0 Å². The fourth-order valence-corrected chi connectivity index (χ4v) is 3.26. The minimum absolute atomic E-state index is 0. The molecule has 2 aromatic rings. The lowest BCUT2D eigenvalue weighted by atomic mass is 10.1. The van der Waals surface area contributed by atoms with E-state index in [1.807, 2.05) is 29.2 Å². The molecule has 0 atom stereocenters. The number of rotatable bonds is 6. The average molecular weight is 525 g/mol. The third kappa shape index (κ3) is 7.47. The van der Waals surface area contributed by atoms with Crippen LogP contribution in [-0.2, 0) is 13.0 Å². The number of carbonyl (C=O) groups excluding carboxylic acids is 1. The van der Waals surface area contributed by atoms with Gasteiger partial charge in [-0.1, -0.05) is 24.3 Å². The summed E-state index contributed by atoms with van der Waals surface area (Å²) in [6.07, 6.45) is 2.92. The summed E-state index contributed by atoms with van der Waals surface area (Å²) in [4.78, 5) is 18.3. The van der Waals surface area contributed by atoms with Gasteiger partial charge in [0.2, 0.25) is 0 Å². The van der Waals surface area contributed by atoms with E-state index in [0.717, 1.165) is 49.2 Å². The molecular formula is C22H29FIN5O. The molecule has 162 valence electrons. The Hall–Kier alpha value is -2.36. The van der Waals surface area contributed by atoms with Gasteiger partial charge in [0.1, 0.15) is 5.82 Å². The van der Waals surface area contributed by atoms with Crippen LogP contribution in [0.15, 0.2) is 53.5 Å². The Morgan fingerprint density at radius 3 is 2.50 bits per heavy atom. The largest absolute Gasteiger partial charge is 0.356 e. The number of nitrogens with one attached hydrogen (secondary N) is 3. The standard InChI is InChI=1S/C22H28FN5O.HI/c1-24-21(25-12-11-17-7-9-19(23)10-8-17)26-16-18-5-4-6-20(15-18)27-22(29)28-13-2-3-14-28;/h4-10,15H,2-3,11-14,16H2,1H3,(H,27,29)(H2,24,25,26);1H. The number of benzene rings is 2. The maximum atomic E-state index is 13.0. The van der Waals surface area contributed by atoms with Crippen LogP contribution < -0.4 is 16.0 Å². The number of hydrogen-bond donors (Lipinski definition) is 3. The predicted molar refractivity (Wildman–Crippen MR) is 130 cm³/mol. The Morgan fingerprint density at radius 1 is 1.07 bits per heavy atom. The quantitative estimate of drug-likeness (QED) is 0.304. The third-order valence-electron chi connectivity index (χ3n) is 4.87. The lowest BCUT2D eigenvalue weighted by Crippen LogP contribution is -2.37. The zero-order chi connectivity index (χ0) is 20.5. The highest BCUT2D eigenvalue weighted by molar-refractivity contribution is 14.0. The van der Waals surface area contributed by atoms with E-state index in [0.29, 0.717) is 19.0 Å². The first-order chi connectivity index (χ1) is 14.1. The van der Waals surface area contributed by atoms with E-state index in [1.54, 1.807) is 19.2 Å². The SMILES string of the molecule is CN=C(NCCc1ccc(F)cc1)NCc1cccc(NC(=O)N2CCCC2)c1.I. The van der Waals surface area contributed by atoms with Gasteiger partial charge in [-0.05, 0) is 54.7 Å². The zero-order valence-electron chi connectivity index (χ0n) is 17.2. The molecule has 3 N–H and O–H groups in total. The monoisotopic (exact) mass is 525 g/mol. The minimum Gasteiger partial charge on any atom is -0.356 e. The number of carbonyl (C=O) groups is 1. The summed E-state index contributed by atoms with van der Waals surface area (Å²) in [5, 5.41) is 9.50. The van der Waals surface area contributed by atoms with Gasteiger partial charge >= 0.3 is 6.03 Å². The smallest absolute Gasteiger partial charge is 0.321 e. The molecule has 1 heterocycles. The van der Waals surface area contributed by atoms with Crippen molar-refractivity contribution in [3.63, 3.8) is 0 Å². The Balaban J connectivity index is 0.00000320. The van der Waals surface area contributed by atoms with Crippen LogP contribution in [-0.4, -0.2) is 43.6 Å². The molecule has 0 aromatic heterocycles. The van der Waals surface area contributed by atoms with Crippen LogP contribution in [0, 0.1) is 5.82 Å². The van der Waals surface area contributed by atoms with Gasteiger partial charge in [0.05, 0.1) is 0 Å². The molecule has 1 fully saturated rings. The molecule has 0 bridgehead atoms. The van der Waals surface area contributed by atoms with Gasteiger partial charge in [0.15, 0.2) is 5.96 Å². The summed E-state index contributed by atoms with van der Waals surface area (Å²) in [5.74, 6) is 0.469. The second-order valence-corrected chi connectivity index (χ2v) is 7.05. The number of aliphatic imine (C=N–C) groups is 1. The highest BCUT2D eigenvalue weighted by atomic mass is 127. The third-order valence-corrected chi connectivity index (χ3v) is 4.87. The lowest BCUT2D eigenvalue weighted by Gasteiger charge is -2.17. The van der Waals surface area contributed by atoms with Crippen molar-refractivity contribution in [2.24, 2.45) is 4.99 Å². The molecule has 30 heavy (non-hydrogen) atoms. The minimum atomic E-state index is -0.224. The molecular weight excluding hydrogens is 496 g/mol. The molecule has 2 amide bonds. The molecule has 0 spiro atoms. The number of nitrogens with zero attached hydrogens (tertiary/aromatic N) is 2. The number of amides is 2. The van der Waals surface area contributed by atoms with Crippen molar-refractivity contribution < 1.29 is 9.18 Å². The van der Waals surface area contributed by atoms with Crippen molar-refractivity contribution >= 4 is 41.7 Å². The Morgan fingerprint density at radius 2 is 1.80 bits per heavy atom. The van der Waals surface area contributed by atoms with Crippen LogP contribution in [0.1, 0.15) is 24.0 Å². The van der Waals surface area contributed by atoms with Gasteiger partial charge in [-0.25, -0.2) is 9.18 Å². The van der Waals surface area contributed by atoms with Crippen LogP contribution in [0.2, 0.25) is 0 Å². The van der Waals surface area contributed by atoms with Gasteiger partial charge in [0.25, 0.3) is 0 Å². The van der Waals surface area contributed by atoms with Crippen molar-refractivity contribution in [3.05, 3.63) is 65.5 Å². The number of guanidine groups is 1. The summed E-state index contributed by atoms with van der Waals surface area (Å²) < 4.78 is 13.0. The first-order valence-corrected chi connectivity index (χ1v) is 9.98. The van der Waals surface area contributed by atoms with Crippen LogP contribution in [0.3, 0.4) is 0 Å². The van der Waals surface area contributed by atoms with Gasteiger partial charge in [-0.2, -0.15) is 0 Å². The maximum Gasteiger partial charge on any atom is 0.321 e. The van der Waals surface area contributed by atoms with Crippen molar-refractivity contribution in [2.75, 3.05) is 32.0 Å². The number of halogens is 2. The van der Waals surface area contributed by atoms with Crippen molar-refractivity contribution in [1.29, 1.82) is 0 Å². The average Bonchev–Trinajstić information content (AvgIpc) is 3.27. The van der Waals surface area contributed by atoms with Crippen LogP contribution in [0.5, 0.6) is 0 Å². The van der Waals surface area contributed by atoms with E-state index in [-0.39, 0.29) is 35.8 Å². The molecule has 1 aliphatic heterocycles. The lowest BCUT2D eigenvalue weighted by molar-refractivity contribution is 0.222. The molecule has 1 aliphatic rings. The molecule has 2 aromatic carbocycles.